The molecule has 7 nitrogen and oxygen atoms in total. The Morgan fingerprint density at radius 1 is 1.20 bits per heavy atom. The highest BCUT2D eigenvalue weighted by Gasteiger charge is 2.24. The summed E-state index contributed by atoms with van der Waals surface area (Å²) in [6, 6.07) is 9.87. The summed E-state index contributed by atoms with van der Waals surface area (Å²) < 4.78 is 36.7. The molecule has 0 aromatic heterocycles. The molecule has 2 aromatic carbocycles. The molecule has 3 rings (SSSR count). The fourth-order valence-corrected chi connectivity index (χ4v) is 2.99. The third-order valence-electron chi connectivity index (χ3n) is 3.74. The minimum Gasteiger partial charge on any atom is -0.489 e. The van der Waals surface area contributed by atoms with E-state index in [9.17, 15) is 18.4 Å². The maximum atomic E-state index is 13.6. The fourth-order valence-electron chi connectivity index (χ4n) is 2.25. The van der Waals surface area contributed by atoms with Gasteiger partial charge in [-0.05, 0) is 59.8 Å². The number of rotatable bonds is 6. The van der Waals surface area contributed by atoms with Gasteiger partial charge in [-0.15, -0.1) is 5.10 Å². The number of hydrogen-bond donors (Lipinski definition) is 1. The van der Waals surface area contributed by atoms with Crippen LogP contribution in [0.3, 0.4) is 0 Å². The van der Waals surface area contributed by atoms with Crippen molar-refractivity contribution < 1.29 is 27.8 Å². The Balaban J connectivity index is 1.56. The summed E-state index contributed by atoms with van der Waals surface area (Å²) in [5.74, 6) is -1.71. The van der Waals surface area contributed by atoms with E-state index >= 15 is 0 Å². The number of amidine groups is 1. The van der Waals surface area contributed by atoms with Gasteiger partial charge < -0.3 is 9.47 Å². The smallest absolute Gasteiger partial charge is 0.331 e. The van der Waals surface area contributed by atoms with Crippen molar-refractivity contribution in [3.63, 3.8) is 0 Å². The second-order valence-electron chi connectivity index (χ2n) is 5.83. The van der Waals surface area contributed by atoms with Crippen LogP contribution < -0.4 is 10.1 Å². The molecule has 0 aliphatic carbocycles. The summed E-state index contributed by atoms with van der Waals surface area (Å²) in [6.45, 7) is -0.108. The van der Waals surface area contributed by atoms with Crippen LogP contribution in [0.25, 0.3) is 0 Å². The number of halogens is 2. The number of ether oxygens (including phenoxy) is 2. The number of benzene rings is 2. The minimum atomic E-state index is -0.639. The van der Waals surface area contributed by atoms with Crippen molar-refractivity contribution in [2.75, 3.05) is 7.11 Å². The van der Waals surface area contributed by atoms with E-state index in [1.165, 1.54) is 13.3 Å². The number of methoxy groups -OCH3 is 1. The molecule has 0 bridgehead atoms. The lowest BCUT2D eigenvalue weighted by Crippen LogP contribution is -2.19. The van der Waals surface area contributed by atoms with Crippen molar-refractivity contribution in [1.29, 1.82) is 0 Å². The number of nitrogens with one attached hydrogen (secondary N) is 1. The van der Waals surface area contributed by atoms with Crippen molar-refractivity contribution in [2.45, 2.75) is 6.61 Å². The predicted molar refractivity (Wildman–Crippen MR) is 108 cm³/mol. The Morgan fingerprint density at radius 2 is 1.97 bits per heavy atom. The molecular weight excluding hydrogens is 416 g/mol. The monoisotopic (exact) mass is 431 g/mol. The number of carbonyl (C=O) groups excluding carboxylic acids is 2. The molecule has 0 radical (unpaired) electrons. The second kappa shape index (κ2) is 9.79. The molecule has 1 N–H and O–H groups in total. The molecule has 1 aliphatic rings. The third kappa shape index (κ3) is 5.74. The lowest BCUT2D eigenvalue weighted by Gasteiger charge is -2.07. The number of hydrogen-bond acceptors (Lipinski definition) is 7. The summed E-state index contributed by atoms with van der Waals surface area (Å²) in [5, 5.41) is 10.5. The van der Waals surface area contributed by atoms with E-state index < -0.39 is 23.5 Å². The Bertz CT molecular complexity index is 1050. The highest BCUT2D eigenvalue weighted by molar-refractivity contribution is 8.18. The molecule has 0 unspecified atom stereocenters. The molecule has 30 heavy (non-hydrogen) atoms. The maximum absolute atomic E-state index is 13.6. The molecule has 1 fully saturated rings. The standard InChI is InChI=1S/C20H15F2N3O4S/c1-28-18(26)9-17-19(27)24-20(30-17)25-23-10-12-2-5-15(6-3-12)29-11-13-8-14(21)4-7-16(13)22/h2-10H,11H2,1H3,(H,24,25,27)/b17-9+,23-10?. The van der Waals surface area contributed by atoms with Crippen molar-refractivity contribution in [3.8, 4) is 5.75 Å². The topological polar surface area (TPSA) is 89.3 Å². The van der Waals surface area contributed by atoms with Gasteiger partial charge in [-0.25, -0.2) is 13.6 Å². The van der Waals surface area contributed by atoms with Gasteiger partial charge in [-0.2, -0.15) is 5.10 Å². The molecule has 154 valence electrons. The largest absolute Gasteiger partial charge is 0.489 e. The van der Waals surface area contributed by atoms with Gasteiger partial charge >= 0.3 is 5.97 Å². The summed E-state index contributed by atoms with van der Waals surface area (Å²) >= 11 is 0.965. The van der Waals surface area contributed by atoms with Gasteiger partial charge in [0.1, 0.15) is 24.0 Å². The number of thioether (sulfide) groups is 1. The Morgan fingerprint density at radius 3 is 2.70 bits per heavy atom. The zero-order chi connectivity index (χ0) is 21.5. The van der Waals surface area contributed by atoms with Crippen LogP contribution in [0.15, 0.2) is 63.6 Å². The van der Waals surface area contributed by atoms with Crippen LogP contribution in [-0.2, 0) is 20.9 Å². The molecule has 0 saturated carbocycles. The van der Waals surface area contributed by atoms with Gasteiger partial charge in [0, 0.05) is 11.6 Å². The van der Waals surface area contributed by atoms with Crippen LogP contribution in [0.5, 0.6) is 5.75 Å². The normalized spacial score (nSPS) is 16.3. The minimum absolute atomic E-state index is 0.108. The van der Waals surface area contributed by atoms with Gasteiger partial charge in [0.05, 0.1) is 18.2 Å². The lowest BCUT2D eigenvalue weighted by molar-refractivity contribution is -0.135. The summed E-state index contributed by atoms with van der Waals surface area (Å²) in [4.78, 5) is 23.1. The van der Waals surface area contributed by atoms with Crippen LogP contribution in [0.2, 0.25) is 0 Å². The van der Waals surface area contributed by atoms with Crippen LogP contribution >= 0.6 is 11.8 Å². The van der Waals surface area contributed by atoms with E-state index in [-0.39, 0.29) is 22.2 Å². The molecule has 1 amide bonds. The SMILES string of the molecule is COC(=O)/C=C1/S/C(=N\N=Cc2ccc(OCc3cc(F)ccc3F)cc2)NC1=O. The maximum Gasteiger partial charge on any atom is 0.331 e. The van der Waals surface area contributed by atoms with Gasteiger partial charge in [-0.1, -0.05) is 0 Å². The number of nitrogens with zero attached hydrogens (tertiary/aromatic N) is 2. The summed E-state index contributed by atoms with van der Waals surface area (Å²) in [5.41, 5.74) is 0.816. The molecule has 0 spiro atoms. The first-order valence-electron chi connectivity index (χ1n) is 8.51. The molecule has 10 heteroatoms. The van der Waals surface area contributed by atoms with Crippen LogP contribution in [0.1, 0.15) is 11.1 Å². The van der Waals surface area contributed by atoms with Crippen LogP contribution in [0.4, 0.5) is 8.78 Å². The van der Waals surface area contributed by atoms with E-state index in [0.29, 0.717) is 11.3 Å². The van der Waals surface area contributed by atoms with E-state index in [1.807, 2.05) is 0 Å². The first kappa shape index (κ1) is 21.2. The lowest BCUT2D eigenvalue weighted by atomic mass is 10.2. The number of carbonyl (C=O) groups is 2. The Labute approximate surface area is 174 Å². The quantitative estimate of drug-likeness (QED) is 0.329. The van der Waals surface area contributed by atoms with Crippen LogP contribution in [0, 0.1) is 11.6 Å². The number of amides is 1. The highest BCUT2D eigenvalue weighted by atomic mass is 32.2. The summed E-state index contributed by atoms with van der Waals surface area (Å²) in [6.07, 6.45) is 2.53. The fraction of sp³-hybridized carbons (Fsp3) is 0.100. The number of esters is 1. The average Bonchev–Trinajstić information content (AvgIpc) is 3.08. The molecule has 2 aromatic rings. The van der Waals surface area contributed by atoms with E-state index in [2.05, 4.69) is 20.3 Å². The zero-order valence-electron chi connectivity index (χ0n) is 15.6. The first-order valence-corrected chi connectivity index (χ1v) is 9.33. The van der Waals surface area contributed by atoms with Gasteiger partial charge in [-0.3, -0.25) is 10.1 Å². The van der Waals surface area contributed by atoms with E-state index in [4.69, 9.17) is 4.74 Å². The zero-order valence-corrected chi connectivity index (χ0v) is 16.4. The second-order valence-corrected chi connectivity index (χ2v) is 6.86. The van der Waals surface area contributed by atoms with Gasteiger partial charge in [0.15, 0.2) is 5.17 Å². The van der Waals surface area contributed by atoms with Gasteiger partial charge in [0.2, 0.25) is 0 Å². The predicted octanol–water partition coefficient (Wildman–Crippen LogP) is 3.15. The van der Waals surface area contributed by atoms with Gasteiger partial charge in [0.25, 0.3) is 5.91 Å². The molecular formula is C20H15F2N3O4S. The Kier molecular flexibility index (Phi) is 6.91. The van der Waals surface area contributed by atoms with Crippen LogP contribution in [-0.4, -0.2) is 30.4 Å². The Hall–Kier alpha value is -3.53. The molecule has 1 heterocycles. The molecule has 1 aliphatic heterocycles. The van der Waals surface area contributed by atoms with E-state index in [1.54, 1.807) is 24.3 Å². The van der Waals surface area contributed by atoms with Crippen molar-refractivity contribution in [1.82, 2.24) is 5.32 Å². The van der Waals surface area contributed by atoms with Crippen molar-refractivity contribution >= 4 is 35.0 Å². The third-order valence-corrected chi connectivity index (χ3v) is 4.64. The molecule has 0 atom stereocenters. The highest BCUT2D eigenvalue weighted by Crippen LogP contribution is 2.23. The average molecular weight is 431 g/mol. The summed E-state index contributed by atoms with van der Waals surface area (Å²) in [7, 11) is 1.21. The first-order chi connectivity index (χ1) is 14.4. The van der Waals surface area contributed by atoms with E-state index in [0.717, 1.165) is 36.0 Å². The molecule has 1 saturated heterocycles. The van der Waals surface area contributed by atoms with Crippen molar-refractivity contribution in [3.05, 3.63) is 76.2 Å². The van der Waals surface area contributed by atoms with Crippen molar-refractivity contribution in [2.24, 2.45) is 10.2 Å².